The molecule has 2 N–H and O–H groups in total. The maximum Gasteiger partial charge on any atom is 0.145 e. The molecule has 0 saturated heterocycles. The standard InChI is InChI=1S/C16H20ClN3OSi/c1-10-14(9-18)19-16(20-22(3,4)5)15(10)12-7-6-11(21-2)8-13(12)17/h6-8,19-20H,1-5H3. The average molecular weight is 334 g/mol. The molecule has 4 nitrogen and oxygen atoms in total. The van der Waals surface area contributed by atoms with Crippen molar-refractivity contribution in [1.29, 1.82) is 5.26 Å². The van der Waals surface area contributed by atoms with E-state index < -0.39 is 8.24 Å². The fourth-order valence-electron chi connectivity index (χ4n) is 2.34. The van der Waals surface area contributed by atoms with E-state index in [1.54, 1.807) is 13.2 Å². The van der Waals surface area contributed by atoms with E-state index in [0.29, 0.717) is 16.5 Å². The highest BCUT2D eigenvalue weighted by Crippen LogP contribution is 2.39. The minimum absolute atomic E-state index is 0.558. The fourth-order valence-corrected chi connectivity index (χ4v) is 3.54. The Labute approximate surface area is 137 Å². The Kier molecular flexibility index (Phi) is 4.54. The van der Waals surface area contributed by atoms with E-state index in [4.69, 9.17) is 16.3 Å². The van der Waals surface area contributed by atoms with Gasteiger partial charge in [-0.15, -0.1) is 0 Å². The number of anilines is 1. The number of nitrogens with zero attached hydrogens (tertiary/aromatic N) is 1. The Morgan fingerprint density at radius 2 is 2.00 bits per heavy atom. The van der Waals surface area contributed by atoms with Gasteiger partial charge in [-0.25, -0.2) is 0 Å². The molecule has 0 saturated carbocycles. The summed E-state index contributed by atoms with van der Waals surface area (Å²) in [5.41, 5.74) is 3.29. The van der Waals surface area contributed by atoms with Crippen LogP contribution in [-0.4, -0.2) is 20.3 Å². The minimum Gasteiger partial charge on any atom is -0.497 e. The molecule has 2 rings (SSSR count). The maximum atomic E-state index is 9.30. The first-order chi connectivity index (χ1) is 10.3. The SMILES string of the molecule is COc1ccc(-c2c(N[Si](C)(C)C)[nH]c(C#N)c2C)c(Cl)c1. The van der Waals surface area contributed by atoms with Crippen LogP contribution in [0.1, 0.15) is 11.3 Å². The van der Waals surface area contributed by atoms with Gasteiger partial charge in [-0.05, 0) is 30.7 Å². The van der Waals surface area contributed by atoms with Crippen LogP contribution in [0, 0.1) is 18.3 Å². The van der Waals surface area contributed by atoms with Crippen molar-refractivity contribution < 1.29 is 4.74 Å². The summed E-state index contributed by atoms with van der Waals surface area (Å²) >= 11 is 6.42. The molecule has 0 unspecified atom stereocenters. The number of hydrogen-bond acceptors (Lipinski definition) is 3. The first-order valence-corrected chi connectivity index (χ1v) is 10.9. The Bertz CT molecular complexity index is 741. The van der Waals surface area contributed by atoms with Gasteiger partial charge >= 0.3 is 0 Å². The number of halogens is 1. The van der Waals surface area contributed by atoms with Gasteiger partial charge in [0.2, 0.25) is 0 Å². The van der Waals surface area contributed by atoms with Crippen molar-refractivity contribution in [3.05, 3.63) is 34.5 Å². The highest BCUT2D eigenvalue weighted by Gasteiger charge is 2.22. The van der Waals surface area contributed by atoms with Crippen LogP contribution in [0.4, 0.5) is 5.82 Å². The normalized spacial score (nSPS) is 11.1. The molecule has 0 fully saturated rings. The lowest BCUT2D eigenvalue weighted by molar-refractivity contribution is 0.415. The van der Waals surface area contributed by atoms with Crippen molar-refractivity contribution in [2.24, 2.45) is 0 Å². The predicted molar refractivity (Wildman–Crippen MR) is 94.2 cm³/mol. The quantitative estimate of drug-likeness (QED) is 0.792. The molecule has 1 aromatic heterocycles. The number of methoxy groups -OCH3 is 1. The highest BCUT2D eigenvalue weighted by atomic mass is 35.5. The van der Waals surface area contributed by atoms with Crippen LogP contribution >= 0.6 is 11.6 Å². The molecule has 1 aromatic carbocycles. The van der Waals surface area contributed by atoms with Gasteiger partial charge in [0, 0.05) is 11.1 Å². The number of aromatic amines is 1. The van der Waals surface area contributed by atoms with Crippen LogP contribution < -0.4 is 9.72 Å². The van der Waals surface area contributed by atoms with E-state index in [0.717, 1.165) is 22.5 Å². The van der Waals surface area contributed by atoms with Crippen molar-refractivity contribution >= 4 is 25.7 Å². The monoisotopic (exact) mass is 333 g/mol. The lowest BCUT2D eigenvalue weighted by atomic mass is 10.0. The van der Waals surface area contributed by atoms with Crippen molar-refractivity contribution in [2.45, 2.75) is 26.6 Å². The lowest BCUT2D eigenvalue weighted by Gasteiger charge is -2.20. The van der Waals surface area contributed by atoms with Crippen molar-refractivity contribution in [1.82, 2.24) is 4.98 Å². The Hall–Kier alpha value is -1.90. The molecular weight excluding hydrogens is 314 g/mol. The van der Waals surface area contributed by atoms with Gasteiger partial charge in [0.15, 0.2) is 0 Å². The summed E-state index contributed by atoms with van der Waals surface area (Å²) in [5, 5.41) is 9.90. The second kappa shape index (κ2) is 6.07. The molecule has 0 bridgehead atoms. The zero-order valence-corrected chi connectivity index (χ0v) is 15.2. The molecule has 0 spiro atoms. The summed E-state index contributed by atoms with van der Waals surface area (Å²) in [5.74, 6) is 1.57. The number of nitriles is 1. The summed E-state index contributed by atoms with van der Waals surface area (Å²) in [7, 11) is 0.0317. The van der Waals surface area contributed by atoms with E-state index in [1.165, 1.54) is 0 Å². The number of benzene rings is 1. The van der Waals surface area contributed by atoms with Gasteiger partial charge in [-0.2, -0.15) is 5.26 Å². The molecule has 0 radical (unpaired) electrons. The molecule has 2 aromatic rings. The molecule has 6 heteroatoms. The fraction of sp³-hybridized carbons (Fsp3) is 0.312. The van der Waals surface area contributed by atoms with Crippen molar-refractivity contribution in [3.63, 3.8) is 0 Å². The summed E-state index contributed by atoms with van der Waals surface area (Å²) in [6.45, 7) is 8.54. The van der Waals surface area contributed by atoms with Crippen LogP contribution in [0.25, 0.3) is 11.1 Å². The topological polar surface area (TPSA) is 60.8 Å². The van der Waals surface area contributed by atoms with Crippen LogP contribution in [0.3, 0.4) is 0 Å². The predicted octanol–water partition coefficient (Wildman–Crippen LogP) is 4.77. The highest BCUT2D eigenvalue weighted by molar-refractivity contribution is 6.79. The number of aromatic nitrogens is 1. The van der Waals surface area contributed by atoms with Gasteiger partial charge in [0.05, 0.1) is 12.1 Å². The molecule has 0 atom stereocenters. The molecule has 0 amide bonds. The Morgan fingerprint density at radius 1 is 1.32 bits per heavy atom. The maximum absolute atomic E-state index is 9.30. The number of rotatable bonds is 4. The zero-order chi connectivity index (χ0) is 16.5. The second-order valence-electron chi connectivity index (χ2n) is 6.21. The van der Waals surface area contributed by atoms with Crippen molar-refractivity contribution in [3.8, 4) is 22.9 Å². The van der Waals surface area contributed by atoms with Gasteiger partial charge in [-0.3, -0.25) is 0 Å². The molecule has 116 valence electrons. The van der Waals surface area contributed by atoms with E-state index in [2.05, 4.69) is 35.7 Å². The van der Waals surface area contributed by atoms with Gasteiger partial charge < -0.3 is 14.7 Å². The zero-order valence-electron chi connectivity index (χ0n) is 13.5. The number of hydrogen-bond donors (Lipinski definition) is 2. The first-order valence-electron chi connectivity index (χ1n) is 7.01. The Balaban J connectivity index is 2.63. The Morgan fingerprint density at radius 3 is 2.50 bits per heavy atom. The summed E-state index contributed by atoms with van der Waals surface area (Å²) in [6, 6.07) is 7.79. The first kappa shape index (κ1) is 16.5. The van der Waals surface area contributed by atoms with Crippen LogP contribution in [-0.2, 0) is 0 Å². The number of nitrogens with one attached hydrogen (secondary N) is 2. The van der Waals surface area contributed by atoms with Crippen LogP contribution in [0.15, 0.2) is 18.2 Å². The van der Waals surface area contributed by atoms with Crippen molar-refractivity contribution in [2.75, 3.05) is 12.1 Å². The van der Waals surface area contributed by atoms with Gasteiger partial charge in [-0.1, -0.05) is 31.2 Å². The van der Waals surface area contributed by atoms with E-state index >= 15 is 0 Å². The van der Waals surface area contributed by atoms with Gasteiger partial charge in [0.1, 0.15) is 31.6 Å². The molecule has 1 heterocycles. The lowest BCUT2D eigenvalue weighted by Crippen LogP contribution is -2.32. The third kappa shape index (κ3) is 3.29. The van der Waals surface area contributed by atoms with Gasteiger partial charge in [0.25, 0.3) is 0 Å². The van der Waals surface area contributed by atoms with E-state index in [1.807, 2.05) is 19.1 Å². The smallest absolute Gasteiger partial charge is 0.145 e. The van der Waals surface area contributed by atoms with E-state index in [9.17, 15) is 5.26 Å². The third-order valence-electron chi connectivity index (χ3n) is 3.31. The molecular formula is C16H20ClN3OSi. The summed E-state index contributed by atoms with van der Waals surface area (Å²) < 4.78 is 5.20. The summed E-state index contributed by atoms with van der Waals surface area (Å²) in [4.78, 5) is 6.73. The molecule has 0 aliphatic carbocycles. The second-order valence-corrected chi connectivity index (χ2v) is 11.4. The number of H-pyrrole nitrogens is 1. The van der Waals surface area contributed by atoms with Crippen LogP contribution in [0.5, 0.6) is 5.75 Å². The molecule has 0 aliphatic heterocycles. The minimum atomic E-state index is -1.58. The van der Waals surface area contributed by atoms with E-state index in [-0.39, 0.29) is 0 Å². The third-order valence-corrected chi connectivity index (χ3v) is 4.62. The average Bonchev–Trinajstić information content (AvgIpc) is 2.73. The number of ether oxygens (including phenoxy) is 1. The summed E-state index contributed by atoms with van der Waals surface area (Å²) in [6.07, 6.45) is 0. The van der Waals surface area contributed by atoms with Crippen LogP contribution in [0.2, 0.25) is 24.7 Å². The largest absolute Gasteiger partial charge is 0.497 e. The molecule has 22 heavy (non-hydrogen) atoms. The molecule has 0 aliphatic rings.